The van der Waals surface area contributed by atoms with Gasteiger partial charge in [0.25, 0.3) is 5.91 Å². The third-order valence-corrected chi connectivity index (χ3v) is 3.15. The Balaban J connectivity index is 1.56. The molecule has 2 N–H and O–H groups in total. The summed E-state index contributed by atoms with van der Waals surface area (Å²) in [4.78, 5) is 20.0. The molecule has 2 aromatic rings. The van der Waals surface area contributed by atoms with Gasteiger partial charge in [0.1, 0.15) is 0 Å². The van der Waals surface area contributed by atoms with Crippen molar-refractivity contribution in [3.05, 3.63) is 53.9 Å². The van der Waals surface area contributed by atoms with Gasteiger partial charge in [0, 0.05) is 30.5 Å². The van der Waals surface area contributed by atoms with Crippen LogP contribution >= 0.6 is 0 Å². The first-order valence-electron chi connectivity index (χ1n) is 6.72. The highest BCUT2D eigenvalue weighted by Crippen LogP contribution is 2.19. The van der Waals surface area contributed by atoms with Crippen LogP contribution in [0.5, 0.6) is 0 Å². The van der Waals surface area contributed by atoms with Crippen LogP contribution < -0.4 is 10.6 Å². The number of aromatic nitrogens is 2. The highest BCUT2D eigenvalue weighted by molar-refractivity contribution is 5.94. The second kappa shape index (κ2) is 5.69. The molecule has 1 amide bonds. The summed E-state index contributed by atoms with van der Waals surface area (Å²) in [6.07, 6.45) is 5.59. The van der Waals surface area contributed by atoms with Gasteiger partial charge in [-0.25, -0.2) is 9.97 Å². The summed E-state index contributed by atoms with van der Waals surface area (Å²) in [6.45, 7) is 0.633. The van der Waals surface area contributed by atoms with E-state index in [0.29, 0.717) is 24.1 Å². The summed E-state index contributed by atoms with van der Waals surface area (Å²) in [6, 6.07) is 9.74. The molecule has 1 saturated carbocycles. The van der Waals surface area contributed by atoms with Crippen LogP contribution in [0, 0.1) is 0 Å². The molecule has 1 fully saturated rings. The first-order chi connectivity index (χ1) is 9.81. The van der Waals surface area contributed by atoms with Crippen molar-refractivity contribution in [1.82, 2.24) is 15.3 Å². The summed E-state index contributed by atoms with van der Waals surface area (Å²) in [7, 11) is 0. The SMILES string of the molecule is O=C(NC1CC1)c1ccc(CNc2ncccn2)cc1. The van der Waals surface area contributed by atoms with Crippen molar-refractivity contribution in [2.45, 2.75) is 25.4 Å². The lowest BCUT2D eigenvalue weighted by Gasteiger charge is -2.06. The molecule has 5 nitrogen and oxygen atoms in total. The van der Waals surface area contributed by atoms with Crippen molar-refractivity contribution in [1.29, 1.82) is 0 Å². The Bertz CT molecular complexity index is 579. The van der Waals surface area contributed by atoms with E-state index in [0.717, 1.165) is 18.4 Å². The van der Waals surface area contributed by atoms with Gasteiger partial charge in [-0.15, -0.1) is 0 Å². The van der Waals surface area contributed by atoms with Crippen molar-refractivity contribution in [2.75, 3.05) is 5.32 Å². The number of carbonyl (C=O) groups excluding carboxylic acids is 1. The number of hydrogen-bond donors (Lipinski definition) is 2. The topological polar surface area (TPSA) is 66.9 Å². The van der Waals surface area contributed by atoms with Crippen LogP contribution in [0.1, 0.15) is 28.8 Å². The van der Waals surface area contributed by atoms with Crippen molar-refractivity contribution in [3.63, 3.8) is 0 Å². The zero-order valence-electron chi connectivity index (χ0n) is 11.0. The molecular formula is C15H16N4O. The predicted octanol–water partition coefficient (Wildman–Crippen LogP) is 1.98. The molecule has 0 saturated heterocycles. The highest BCUT2D eigenvalue weighted by atomic mass is 16.1. The van der Waals surface area contributed by atoms with Gasteiger partial charge in [-0.3, -0.25) is 4.79 Å². The molecule has 1 heterocycles. The van der Waals surface area contributed by atoms with E-state index in [1.807, 2.05) is 24.3 Å². The summed E-state index contributed by atoms with van der Waals surface area (Å²) in [5.74, 6) is 0.612. The van der Waals surface area contributed by atoms with Crippen LogP contribution in [0.2, 0.25) is 0 Å². The number of carbonyl (C=O) groups is 1. The maximum Gasteiger partial charge on any atom is 0.251 e. The van der Waals surface area contributed by atoms with E-state index >= 15 is 0 Å². The van der Waals surface area contributed by atoms with Gasteiger partial charge < -0.3 is 10.6 Å². The monoisotopic (exact) mass is 268 g/mol. The van der Waals surface area contributed by atoms with Crippen molar-refractivity contribution >= 4 is 11.9 Å². The van der Waals surface area contributed by atoms with Gasteiger partial charge in [-0.1, -0.05) is 12.1 Å². The number of anilines is 1. The number of benzene rings is 1. The van der Waals surface area contributed by atoms with Crippen LogP contribution in [0.3, 0.4) is 0 Å². The molecule has 1 aromatic carbocycles. The Labute approximate surface area is 117 Å². The van der Waals surface area contributed by atoms with Gasteiger partial charge in [-0.05, 0) is 36.6 Å². The lowest BCUT2D eigenvalue weighted by Crippen LogP contribution is -2.25. The summed E-state index contributed by atoms with van der Waals surface area (Å²) >= 11 is 0. The minimum atomic E-state index is 0.0124. The maximum atomic E-state index is 11.8. The fourth-order valence-corrected chi connectivity index (χ4v) is 1.84. The molecule has 102 valence electrons. The fourth-order valence-electron chi connectivity index (χ4n) is 1.84. The number of rotatable bonds is 5. The van der Waals surface area contributed by atoms with Crippen LogP contribution in [0.25, 0.3) is 0 Å². The molecule has 0 unspecified atom stereocenters. The second-order valence-electron chi connectivity index (χ2n) is 4.87. The van der Waals surface area contributed by atoms with Gasteiger partial charge in [0.05, 0.1) is 0 Å². The molecule has 1 aliphatic rings. The zero-order valence-corrected chi connectivity index (χ0v) is 11.0. The maximum absolute atomic E-state index is 11.8. The molecule has 1 aromatic heterocycles. The molecule has 20 heavy (non-hydrogen) atoms. The zero-order chi connectivity index (χ0) is 13.8. The first-order valence-corrected chi connectivity index (χ1v) is 6.72. The van der Waals surface area contributed by atoms with Crippen molar-refractivity contribution < 1.29 is 4.79 Å². The van der Waals surface area contributed by atoms with Gasteiger partial charge >= 0.3 is 0 Å². The third-order valence-electron chi connectivity index (χ3n) is 3.15. The molecule has 3 rings (SSSR count). The molecule has 0 atom stereocenters. The van der Waals surface area contributed by atoms with Crippen LogP contribution in [-0.4, -0.2) is 21.9 Å². The average molecular weight is 268 g/mol. The largest absolute Gasteiger partial charge is 0.350 e. The predicted molar refractivity (Wildman–Crippen MR) is 76.3 cm³/mol. The minimum absolute atomic E-state index is 0.0124. The Morgan fingerprint density at radius 1 is 1.15 bits per heavy atom. The third kappa shape index (κ3) is 3.32. The molecule has 1 aliphatic carbocycles. The number of nitrogens with one attached hydrogen (secondary N) is 2. The Morgan fingerprint density at radius 3 is 2.50 bits per heavy atom. The Morgan fingerprint density at radius 2 is 1.85 bits per heavy atom. The molecule has 0 radical (unpaired) electrons. The smallest absolute Gasteiger partial charge is 0.251 e. The van der Waals surface area contributed by atoms with E-state index in [1.54, 1.807) is 18.5 Å². The van der Waals surface area contributed by atoms with Crippen LogP contribution in [0.4, 0.5) is 5.95 Å². The number of amides is 1. The van der Waals surface area contributed by atoms with E-state index < -0.39 is 0 Å². The minimum Gasteiger partial charge on any atom is -0.350 e. The molecule has 5 heteroatoms. The highest BCUT2D eigenvalue weighted by Gasteiger charge is 2.23. The van der Waals surface area contributed by atoms with Crippen LogP contribution in [0.15, 0.2) is 42.7 Å². The molecule has 0 aliphatic heterocycles. The van der Waals surface area contributed by atoms with Crippen molar-refractivity contribution in [2.24, 2.45) is 0 Å². The molecule has 0 bridgehead atoms. The van der Waals surface area contributed by atoms with E-state index in [4.69, 9.17) is 0 Å². The second-order valence-corrected chi connectivity index (χ2v) is 4.87. The standard InChI is InChI=1S/C15H16N4O/c20-14(19-13-6-7-13)12-4-2-11(3-5-12)10-18-15-16-8-1-9-17-15/h1-5,8-9,13H,6-7,10H2,(H,19,20)(H,16,17,18). The molecule has 0 spiro atoms. The van der Waals surface area contributed by atoms with E-state index in [1.165, 1.54) is 0 Å². The van der Waals surface area contributed by atoms with E-state index in [9.17, 15) is 4.79 Å². The lowest BCUT2D eigenvalue weighted by atomic mass is 10.1. The van der Waals surface area contributed by atoms with Gasteiger partial charge in [0.15, 0.2) is 0 Å². The van der Waals surface area contributed by atoms with Crippen LogP contribution in [-0.2, 0) is 6.54 Å². The van der Waals surface area contributed by atoms with Crippen molar-refractivity contribution in [3.8, 4) is 0 Å². The van der Waals surface area contributed by atoms with Gasteiger partial charge in [-0.2, -0.15) is 0 Å². The fraction of sp³-hybridized carbons (Fsp3) is 0.267. The summed E-state index contributed by atoms with van der Waals surface area (Å²) in [5.41, 5.74) is 1.79. The number of hydrogen-bond acceptors (Lipinski definition) is 4. The van der Waals surface area contributed by atoms with E-state index in [-0.39, 0.29) is 5.91 Å². The summed E-state index contributed by atoms with van der Waals surface area (Å²) in [5, 5.41) is 6.10. The Kier molecular flexibility index (Phi) is 3.58. The first kappa shape index (κ1) is 12.6. The normalized spacial score (nSPS) is 13.8. The van der Waals surface area contributed by atoms with E-state index in [2.05, 4.69) is 20.6 Å². The summed E-state index contributed by atoms with van der Waals surface area (Å²) < 4.78 is 0. The lowest BCUT2D eigenvalue weighted by molar-refractivity contribution is 0.0951. The van der Waals surface area contributed by atoms with Gasteiger partial charge in [0.2, 0.25) is 5.95 Å². The Hall–Kier alpha value is -2.43. The quantitative estimate of drug-likeness (QED) is 0.870. The molecular weight excluding hydrogens is 252 g/mol. The number of nitrogens with zero attached hydrogens (tertiary/aromatic N) is 2. The average Bonchev–Trinajstić information content (AvgIpc) is 3.31.